The van der Waals surface area contributed by atoms with E-state index in [4.69, 9.17) is 21.9 Å². The molecule has 374 valence electrons. The average molecular weight is 1020 g/mol. The summed E-state index contributed by atoms with van der Waals surface area (Å²) in [5.74, 6) is 0.894. The van der Waals surface area contributed by atoms with Crippen LogP contribution in [-0.4, -0.2) is 89.7 Å². The molecule has 0 unspecified atom stereocenters. The topological polar surface area (TPSA) is 308 Å². The summed E-state index contributed by atoms with van der Waals surface area (Å²) >= 11 is 6.20. The minimum Gasteiger partial charge on any atom is -0.395 e. The Morgan fingerprint density at radius 2 is 1.03 bits per heavy atom. The molecule has 0 bridgehead atoms. The highest BCUT2D eigenvalue weighted by Gasteiger charge is 2.26. The third-order valence-electron chi connectivity index (χ3n) is 12.6. The highest BCUT2D eigenvalue weighted by molar-refractivity contribution is 7.89. The number of hydrogen-bond donors (Lipinski definition) is 6. The second-order valence-corrected chi connectivity index (χ2v) is 20.8. The summed E-state index contributed by atoms with van der Waals surface area (Å²) in [7, 11) is -7.81. The van der Waals surface area contributed by atoms with Crippen molar-refractivity contribution < 1.29 is 27.0 Å². The Labute approximate surface area is 402 Å². The number of sulfonamides is 2. The molecule has 2 saturated carbocycles. The molecule has 22 nitrogen and oxygen atoms in total. The first-order chi connectivity index (χ1) is 32.9. The van der Waals surface area contributed by atoms with Crippen LogP contribution in [0.2, 0.25) is 5.02 Å². The third-order valence-corrected chi connectivity index (χ3v) is 14.9. The predicted molar refractivity (Wildman–Crippen MR) is 262 cm³/mol. The van der Waals surface area contributed by atoms with E-state index in [-0.39, 0.29) is 102 Å². The summed E-state index contributed by atoms with van der Waals surface area (Å²) in [6.45, 7) is 3.56. The van der Waals surface area contributed by atoms with Crippen LogP contribution in [0.15, 0.2) is 71.4 Å². The minimum absolute atomic E-state index is 0.00239. The fraction of sp³-hybridized carbons (Fsp3) is 0.500. The van der Waals surface area contributed by atoms with Crippen molar-refractivity contribution in [3.05, 3.63) is 100 Å². The largest absolute Gasteiger partial charge is 0.395 e. The van der Waals surface area contributed by atoms with E-state index in [1.165, 1.54) is 46.2 Å². The molecule has 0 atom stereocenters. The molecular formula is C44H59ClN12O10S2. The number of rotatable bonds is 16. The fourth-order valence-corrected chi connectivity index (χ4v) is 10.8. The van der Waals surface area contributed by atoms with Gasteiger partial charge in [-0.1, -0.05) is 68.3 Å². The molecule has 8 N–H and O–H groups in total. The Morgan fingerprint density at radius 3 is 1.41 bits per heavy atom. The molecule has 2 aromatic carbocycles. The predicted octanol–water partition coefficient (Wildman–Crippen LogP) is 2.28. The number of aliphatic hydroxyl groups excluding tert-OH is 2. The molecule has 6 aromatic rings. The molecule has 0 saturated heterocycles. The van der Waals surface area contributed by atoms with Crippen molar-refractivity contribution in [2.45, 2.75) is 139 Å². The molecule has 4 heterocycles. The van der Waals surface area contributed by atoms with Crippen molar-refractivity contribution in [2.24, 2.45) is 10.3 Å². The molecule has 25 heteroatoms. The van der Waals surface area contributed by atoms with Crippen LogP contribution >= 0.6 is 11.6 Å². The summed E-state index contributed by atoms with van der Waals surface area (Å²) in [6, 6.07) is 10.9. The number of aromatic nitrogens is 8. The first-order valence-electron chi connectivity index (χ1n) is 23.1. The Hall–Kier alpha value is -5.63. The van der Waals surface area contributed by atoms with Crippen molar-refractivity contribution in [1.82, 2.24) is 37.4 Å². The summed E-state index contributed by atoms with van der Waals surface area (Å²) in [5, 5.41) is 36.4. The maximum atomic E-state index is 13.4. The zero-order valence-electron chi connectivity index (χ0n) is 38.5. The summed E-state index contributed by atoms with van der Waals surface area (Å²) in [4.78, 5) is 61.7. The van der Waals surface area contributed by atoms with Gasteiger partial charge in [0.1, 0.15) is 4.90 Å². The van der Waals surface area contributed by atoms with Gasteiger partial charge >= 0.3 is 11.4 Å². The lowest BCUT2D eigenvalue weighted by Gasteiger charge is -2.23. The normalized spacial score (nSPS) is 15.1. The van der Waals surface area contributed by atoms with Gasteiger partial charge in [-0.15, -0.1) is 0 Å². The number of nitrogens with zero attached hydrogens (tertiary/aromatic N) is 8. The second kappa shape index (κ2) is 21.6. The zero-order chi connectivity index (χ0) is 49.8. The van der Waals surface area contributed by atoms with Gasteiger partial charge in [0.25, 0.3) is 11.1 Å². The Balaban J connectivity index is 0.000000204. The molecule has 2 aliphatic rings. The van der Waals surface area contributed by atoms with Crippen LogP contribution in [0.25, 0.3) is 22.3 Å². The number of benzene rings is 2. The number of fused-ring (bicyclic) bond motifs is 2. The molecule has 8 rings (SSSR count). The Kier molecular flexibility index (Phi) is 16.0. The van der Waals surface area contributed by atoms with Gasteiger partial charge in [-0.25, -0.2) is 36.7 Å². The first kappa shape index (κ1) is 51.2. The minimum atomic E-state index is -3.99. The number of nitrogens with one attached hydrogen (secondary N) is 2. The molecule has 4 aromatic heterocycles. The van der Waals surface area contributed by atoms with Crippen LogP contribution in [0.5, 0.6) is 0 Å². The number of primary sulfonamides is 2. The van der Waals surface area contributed by atoms with E-state index in [0.717, 1.165) is 66.1 Å². The van der Waals surface area contributed by atoms with Crippen LogP contribution in [0, 0.1) is 0 Å². The van der Waals surface area contributed by atoms with Gasteiger partial charge in [0, 0.05) is 25.2 Å². The average Bonchev–Trinajstić information content (AvgIpc) is 3.84. The number of halogens is 1. The van der Waals surface area contributed by atoms with Crippen molar-refractivity contribution in [3.8, 4) is 0 Å². The monoisotopic (exact) mass is 1010 g/mol. The van der Waals surface area contributed by atoms with Crippen molar-refractivity contribution in [1.29, 1.82) is 0 Å². The van der Waals surface area contributed by atoms with Crippen molar-refractivity contribution >= 4 is 65.9 Å². The van der Waals surface area contributed by atoms with E-state index in [9.17, 15) is 46.2 Å². The molecule has 0 aliphatic heterocycles. The number of anilines is 2. The number of nitrogens with two attached hydrogens (primary N) is 2. The van der Waals surface area contributed by atoms with Gasteiger partial charge in [0.05, 0.1) is 49.3 Å². The number of imidazole rings is 2. The van der Waals surface area contributed by atoms with Crippen molar-refractivity contribution in [3.63, 3.8) is 0 Å². The van der Waals surface area contributed by atoms with Gasteiger partial charge in [-0.3, -0.25) is 37.0 Å². The van der Waals surface area contributed by atoms with E-state index in [1.807, 2.05) is 0 Å². The summed E-state index contributed by atoms with van der Waals surface area (Å²) in [5.41, 5.74) is 0.233. The highest BCUT2D eigenvalue weighted by Crippen LogP contribution is 2.28. The lowest BCUT2D eigenvalue weighted by molar-refractivity contribution is 0.273. The lowest BCUT2D eigenvalue weighted by Crippen LogP contribution is -2.40. The number of hydrogen-bond acceptors (Lipinski definition) is 14. The van der Waals surface area contributed by atoms with Crippen molar-refractivity contribution in [2.75, 3.05) is 23.8 Å². The molecule has 69 heavy (non-hydrogen) atoms. The second-order valence-electron chi connectivity index (χ2n) is 17.3. The fourth-order valence-electron chi connectivity index (χ4n) is 9.15. The third kappa shape index (κ3) is 11.1. The van der Waals surface area contributed by atoms with Gasteiger partial charge in [-0.2, -0.15) is 9.97 Å². The number of aliphatic hydroxyl groups is 2. The SMILES string of the molecule is CCn1c(=O)c2c(nc(NC3CCCCC3)n2Cc2ccc(S(N)(=O)=O)c(Cl)c2)n(CCO)c1=O.CCn1c(=O)c2c(nc(NC3CCCCC3)n2Cc2ccc(S(N)(=O)=O)cc2)n(CCO)c1=O. The Morgan fingerprint density at radius 1 is 0.609 bits per heavy atom. The van der Waals surface area contributed by atoms with Gasteiger partial charge in [0.2, 0.25) is 31.9 Å². The smallest absolute Gasteiger partial charge is 0.332 e. The van der Waals surface area contributed by atoms with E-state index >= 15 is 0 Å². The first-order valence-corrected chi connectivity index (χ1v) is 26.5. The Bertz CT molecular complexity index is 3310. The maximum absolute atomic E-state index is 13.4. The summed E-state index contributed by atoms with van der Waals surface area (Å²) < 4.78 is 55.0. The highest BCUT2D eigenvalue weighted by atomic mass is 35.5. The molecular weight excluding hydrogens is 956 g/mol. The van der Waals surface area contributed by atoms with Gasteiger partial charge in [0.15, 0.2) is 22.3 Å². The van der Waals surface area contributed by atoms with Crippen LogP contribution in [-0.2, 0) is 59.3 Å². The van der Waals surface area contributed by atoms with E-state index in [2.05, 4.69) is 20.6 Å². The molecule has 2 aliphatic carbocycles. The van der Waals surface area contributed by atoms with Gasteiger partial charge < -0.3 is 20.8 Å². The molecule has 0 amide bonds. The van der Waals surface area contributed by atoms with Gasteiger partial charge in [-0.05, 0) is 74.9 Å². The maximum Gasteiger partial charge on any atom is 0.332 e. The van der Waals surface area contributed by atoms with E-state index in [1.54, 1.807) is 41.2 Å². The van der Waals surface area contributed by atoms with Crippen LogP contribution in [0.4, 0.5) is 11.9 Å². The van der Waals surface area contributed by atoms with E-state index < -0.39 is 42.5 Å². The lowest BCUT2D eigenvalue weighted by atomic mass is 9.96. The molecule has 0 spiro atoms. The molecule has 0 radical (unpaired) electrons. The van der Waals surface area contributed by atoms with Crippen LogP contribution < -0.4 is 43.4 Å². The van der Waals surface area contributed by atoms with Crippen LogP contribution in [0.3, 0.4) is 0 Å². The van der Waals surface area contributed by atoms with Crippen LogP contribution in [0.1, 0.15) is 89.2 Å². The summed E-state index contributed by atoms with van der Waals surface area (Å²) in [6.07, 6.45) is 10.6. The van der Waals surface area contributed by atoms with E-state index in [0.29, 0.717) is 17.5 Å². The quantitative estimate of drug-likeness (QED) is 0.0811. The standard InChI is InChI=1S/C22H29ClN6O5S.C22H30N6O5S/c1-2-27-20(31)18-19(28(10-11-30)22(27)32)26-21(25-15-6-4-3-5-7-15)29(18)13-14-8-9-17(16(23)12-14)35(24,33)34;1-2-26-20(30)18-19(27(12-13-29)22(26)31)25-21(24-16-6-4-3-5-7-16)28(18)14-15-8-10-17(11-9-15)34(23,32)33/h8-9,12,15,30H,2-7,10-11,13H2,1H3,(H,25,26)(H2,24,33,34);8-11,16,29H,2-7,12-14H2,1H3,(H,24,25)(H2,23,32,33). The molecule has 2 fully saturated rings. The zero-order valence-corrected chi connectivity index (χ0v) is 40.9.